The van der Waals surface area contributed by atoms with Crippen LogP contribution < -0.4 is 5.32 Å². The minimum Gasteiger partial charge on any atom is -0.378 e. The van der Waals surface area contributed by atoms with Gasteiger partial charge in [-0.25, -0.2) is 9.07 Å². The summed E-state index contributed by atoms with van der Waals surface area (Å²) >= 11 is 0. The van der Waals surface area contributed by atoms with Crippen LogP contribution in [0, 0.1) is 12.7 Å². The first-order valence-electron chi connectivity index (χ1n) is 9.52. The van der Waals surface area contributed by atoms with Crippen LogP contribution in [0.4, 0.5) is 16.0 Å². The van der Waals surface area contributed by atoms with Gasteiger partial charge < -0.3 is 10.1 Å². The van der Waals surface area contributed by atoms with Crippen LogP contribution in [0.5, 0.6) is 0 Å². The Morgan fingerprint density at radius 1 is 1.18 bits per heavy atom. The molecule has 0 radical (unpaired) electrons. The minimum atomic E-state index is -0.297. The maximum Gasteiger partial charge on any atom is 0.246 e. The highest BCUT2D eigenvalue weighted by atomic mass is 19.1. The van der Waals surface area contributed by atoms with Gasteiger partial charge in [0.25, 0.3) is 0 Å². The molecule has 5 rings (SSSR count). The van der Waals surface area contributed by atoms with E-state index in [1.165, 1.54) is 23.3 Å². The SMILES string of the molecule is Cc1cc(Nc2ncn(-c3cccc(F)c3)n2)cc(C2CN(C3COC3)C2)c1.[HH]. The zero-order chi connectivity index (χ0) is 19.1. The topological polar surface area (TPSA) is 55.2 Å². The Hall–Kier alpha value is -2.77. The second-order valence-corrected chi connectivity index (χ2v) is 7.59. The maximum atomic E-state index is 13.4. The van der Waals surface area contributed by atoms with Gasteiger partial charge in [-0.2, -0.15) is 4.98 Å². The van der Waals surface area contributed by atoms with Crippen LogP contribution in [-0.2, 0) is 4.74 Å². The van der Waals surface area contributed by atoms with Gasteiger partial charge in [0.15, 0.2) is 0 Å². The van der Waals surface area contributed by atoms with E-state index < -0.39 is 0 Å². The van der Waals surface area contributed by atoms with Crippen LogP contribution in [0.2, 0.25) is 0 Å². The second kappa shape index (κ2) is 7.00. The molecule has 6 nitrogen and oxygen atoms in total. The number of hydrogen-bond acceptors (Lipinski definition) is 5. The number of anilines is 2. The Kier molecular flexibility index (Phi) is 4.33. The highest BCUT2D eigenvalue weighted by molar-refractivity contribution is 5.56. The van der Waals surface area contributed by atoms with Gasteiger partial charge in [-0.05, 0) is 48.4 Å². The standard InChI is InChI=1S/C21H22FN5O.H2/c1-14-5-15(16-9-26(10-16)20-11-28-12-20)7-18(6-14)24-21-23-13-27(25-21)19-4-2-3-17(22)8-19;/h2-8,13,16,20H,9-12H2,1H3,(H,24,25);1H. The van der Waals surface area contributed by atoms with Crippen molar-refractivity contribution in [2.75, 3.05) is 31.6 Å². The molecule has 0 saturated carbocycles. The monoisotopic (exact) mass is 381 g/mol. The molecule has 146 valence electrons. The molecule has 2 fully saturated rings. The lowest BCUT2D eigenvalue weighted by Gasteiger charge is -2.47. The maximum absolute atomic E-state index is 13.4. The smallest absolute Gasteiger partial charge is 0.246 e. The minimum absolute atomic E-state index is 0. The van der Waals surface area contributed by atoms with E-state index in [2.05, 4.69) is 45.4 Å². The van der Waals surface area contributed by atoms with Crippen LogP contribution in [-0.4, -0.2) is 52.0 Å². The fourth-order valence-electron chi connectivity index (χ4n) is 3.77. The van der Waals surface area contributed by atoms with E-state index in [1.807, 2.05) is 0 Å². The van der Waals surface area contributed by atoms with Gasteiger partial charge in [0.05, 0.1) is 24.9 Å². The third kappa shape index (κ3) is 3.39. The number of nitrogens with one attached hydrogen (secondary N) is 1. The van der Waals surface area contributed by atoms with E-state index in [0.29, 0.717) is 23.6 Å². The largest absolute Gasteiger partial charge is 0.378 e. The van der Waals surface area contributed by atoms with Gasteiger partial charge in [-0.15, -0.1) is 5.10 Å². The average molecular weight is 381 g/mol. The summed E-state index contributed by atoms with van der Waals surface area (Å²) in [6.07, 6.45) is 1.58. The number of likely N-dealkylation sites (tertiary alicyclic amines) is 1. The highest BCUT2D eigenvalue weighted by Crippen LogP contribution is 2.33. The van der Waals surface area contributed by atoms with E-state index in [0.717, 1.165) is 32.0 Å². The quantitative estimate of drug-likeness (QED) is 0.733. The third-order valence-electron chi connectivity index (χ3n) is 5.44. The van der Waals surface area contributed by atoms with Gasteiger partial charge in [-0.3, -0.25) is 4.90 Å². The van der Waals surface area contributed by atoms with Gasteiger partial charge >= 0.3 is 0 Å². The molecule has 2 saturated heterocycles. The average Bonchev–Trinajstić information content (AvgIpc) is 3.04. The molecule has 3 aromatic rings. The molecular formula is C21H24FN5O. The zero-order valence-electron chi connectivity index (χ0n) is 15.7. The van der Waals surface area contributed by atoms with Crippen LogP contribution >= 0.6 is 0 Å². The highest BCUT2D eigenvalue weighted by Gasteiger charge is 2.36. The number of nitrogens with zero attached hydrogens (tertiary/aromatic N) is 4. The van der Waals surface area contributed by atoms with Crippen molar-refractivity contribution in [1.82, 2.24) is 19.7 Å². The number of aryl methyl sites for hydroxylation is 1. The Bertz CT molecular complexity index is 1000. The molecule has 3 heterocycles. The number of aromatic nitrogens is 3. The molecule has 0 aliphatic carbocycles. The van der Waals surface area contributed by atoms with Crippen molar-refractivity contribution >= 4 is 11.6 Å². The molecule has 1 N–H and O–H groups in total. The lowest BCUT2D eigenvalue weighted by Crippen LogP contribution is -2.58. The fourth-order valence-corrected chi connectivity index (χ4v) is 3.77. The third-order valence-corrected chi connectivity index (χ3v) is 5.44. The van der Waals surface area contributed by atoms with E-state index in [9.17, 15) is 4.39 Å². The van der Waals surface area contributed by atoms with Crippen molar-refractivity contribution in [1.29, 1.82) is 0 Å². The molecule has 1 aromatic heterocycles. The van der Waals surface area contributed by atoms with Crippen LogP contribution in [0.3, 0.4) is 0 Å². The second-order valence-electron chi connectivity index (χ2n) is 7.59. The predicted octanol–water partition coefficient (Wildman–Crippen LogP) is 3.50. The number of ether oxygens (including phenoxy) is 1. The summed E-state index contributed by atoms with van der Waals surface area (Å²) in [5, 5.41) is 7.69. The number of benzene rings is 2. The lowest BCUT2D eigenvalue weighted by molar-refractivity contribution is -0.0906. The van der Waals surface area contributed by atoms with E-state index in [-0.39, 0.29) is 7.24 Å². The molecule has 0 bridgehead atoms. The zero-order valence-corrected chi connectivity index (χ0v) is 15.7. The first-order valence-corrected chi connectivity index (χ1v) is 9.52. The molecule has 0 unspecified atom stereocenters. The Balaban J connectivity index is 0.00000205. The summed E-state index contributed by atoms with van der Waals surface area (Å²) < 4.78 is 20.3. The Morgan fingerprint density at radius 2 is 2.04 bits per heavy atom. The molecule has 0 spiro atoms. The first-order chi connectivity index (χ1) is 13.6. The van der Waals surface area contributed by atoms with Crippen LogP contribution in [0.1, 0.15) is 18.5 Å². The Labute approximate surface area is 164 Å². The molecule has 0 atom stereocenters. The normalized spacial score (nSPS) is 17.9. The summed E-state index contributed by atoms with van der Waals surface area (Å²) in [4.78, 5) is 6.80. The summed E-state index contributed by atoms with van der Waals surface area (Å²) in [6.45, 7) is 6.01. The molecule has 0 amide bonds. The predicted molar refractivity (Wildman–Crippen MR) is 107 cm³/mol. The number of hydrogen-bond donors (Lipinski definition) is 1. The van der Waals surface area contributed by atoms with Crippen molar-refractivity contribution in [3.8, 4) is 5.69 Å². The van der Waals surface area contributed by atoms with Crippen LogP contribution in [0.25, 0.3) is 5.69 Å². The molecule has 2 aliphatic rings. The molecule has 7 heteroatoms. The van der Waals surface area contributed by atoms with Crippen molar-refractivity contribution in [2.45, 2.75) is 18.9 Å². The molecule has 28 heavy (non-hydrogen) atoms. The van der Waals surface area contributed by atoms with E-state index >= 15 is 0 Å². The van der Waals surface area contributed by atoms with Crippen molar-refractivity contribution in [3.05, 3.63) is 65.7 Å². The first kappa shape index (κ1) is 17.3. The van der Waals surface area contributed by atoms with Gasteiger partial charge in [0.2, 0.25) is 5.95 Å². The fraction of sp³-hybridized carbons (Fsp3) is 0.333. The molecular weight excluding hydrogens is 357 g/mol. The van der Waals surface area contributed by atoms with Crippen molar-refractivity contribution < 1.29 is 10.6 Å². The van der Waals surface area contributed by atoms with E-state index in [4.69, 9.17) is 4.74 Å². The summed E-state index contributed by atoms with van der Waals surface area (Å²) in [6, 6.07) is 13.4. The lowest BCUT2D eigenvalue weighted by atomic mass is 9.88. The number of rotatable bonds is 5. The van der Waals surface area contributed by atoms with Crippen molar-refractivity contribution in [3.63, 3.8) is 0 Å². The molecule has 2 aliphatic heterocycles. The van der Waals surface area contributed by atoms with Gasteiger partial charge in [0, 0.05) is 26.1 Å². The molecule has 2 aromatic carbocycles. The van der Waals surface area contributed by atoms with E-state index in [1.54, 1.807) is 23.1 Å². The van der Waals surface area contributed by atoms with Crippen LogP contribution in [0.15, 0.2) is 48.8 Å². The summed E-state index contributed by atoms with van der Waals surface area (Å²) in [5.74, 6) is 0.746. The summed E-state index contributed by atoms with van der Waals surface area (Å²) in [7, 11) is 0. The van der Waals surface area contributed by atoms with Gasteiger partial charge in [0.1, 0.15) is 12.1 Å². The van der Waals surface area contributed by atoms with Gasteiger partial charge in [-0.1, -0.05) is 12.1 Å². The van der Waals surface area contributed by atoms with Crippen molar-refractivity contribution in [2.24, 2.45) is 0 Å². The Morgan fingerprint density at radius 3 is 2.79 bits per heavy atom. The number of halogens is 1. The summed E-state index contributed by atoms with van der Waals surface area (Å²) in [5.41, 5.74) is 4.15.